The third kappa shape index (κ3) is 8.30. The molecule has 0 radical (unpaired) electrons. The number of sulfonamides is 1. The molecule has 1 aromatic carbocycles. The van der Waals surface area contributed by atoms with E-state index in [1.165, 1.54) is 24.3 Å². The number of piperidine rings is 1. The van der Waals surface area contributed by atoms with Crippen LogP contribution in [0.25, 0.3) is 0 Å². The van der Waals surface area contributed by atoms with Gasteiger partial charge in [0.2, 0.25) is 16.4 Å². The van der Waals surface area contributed by atoms with Crippen molar-refractivity contribution in [3.63, 3.8) is 0 Å². The van der Waals surface area contributed by atoms with Crippen LogP contribution in [-0.4, -0.2) is 67.0 Å². The van der Waals surface area contributed by atoms with Gasteiger partial charge in [-0.3, -0.25) is 14.6 Å². The van der Waals surface area contributed by atoms with E-state index in [1.54, 1.807) is 11.0 Å². The number of nitrogens with one attached hydrogen (secondary N) is 1. The average molecular weight is 678 g/mol. The van der Waals surface area contributed by atoms with Crippen molar-refractivity contribution in [3.05, 3.63) is 59.4 Å². The molecule has 212 valence electrons. The first kappa shape index (κ1) is 31.8. The van der Waals surface area contributed by atoms with Gasteiger partial charge in [-0.05, 0) is 49.1 Å². The Labute approximate surface area is 235 Å². The molecular weight excluding hydrogens is 650 g/mol. The van der Waals surface area contributed by atoms with Crippen LogP contribution in [0.3, 0.4) is 0 Å². The molecule has 38 heavy (non-hydrogen) atoms. The first-order valence-corrected chi connectivity index (χ1v) is 12.7. The maximum Gasteiger partial charge on any atom is 0.433 e. The molecule has 4 rings (SSSR count). The number of pyridine rings is 1. The second-order valence-electron chi connectivity index (χ2n) is 8.56. The summed E-state index contributed by atoms with van der Waals surface area (Å²) in [6.45, 7) is -0.115. The number of carbonyl (C=O) groups excluding carboxylic acids is 2. The van der Waals surface area contributed by atoms with Crippen LogP contribution in [0.1, 0.15) is 42.3 Å². The molecule has 0 atom stereocenters. The van der Waals surface area contributed by atoms with E-state index in [4.69, 9.17) is 0 Å². The Hall–Kier alpha value is -2.40. The number of rotatable bonds is 6. The second kappa shape index (κ2) is 13.1. The monoisotopic (exact) mass is 678 g/mol. The average Bonchev–Trinajstić information content (AvgIpc) is 2.86. The smallest absolute Gasteiger partial charge is 0.355 e. The van der Waals surface area contributed by atoms with E-state index >= 15 is 0 Å². The topological polar surface area (TPSA) is 99.7 Å². The zero-order chi connectivity index (χ0) is 27.3. The van der Waals surface area contributed by atoms with Crippen molar-refractivity contribution < 1.29 is 41.4 Å². The highest BCUT2D eigenvalue weighted by atomic mass is 127. The molecule has 2 aliphatic heterocycles. The molecule has 0 aliphatic carbocycles. The Morgan fingerprint density at radius 1 is 1.11 bits per heavy atom. The quantitative estimate of drug-likeness (QED) is 0.281. The van der Waals surface area contributed by atoms with Gasteiger partial charge in [0.25, 0.3) is 11.8 Å². The maximum absolute atomic E-state index is 12.9. The van der Waals surface area contributed by atoms with Crippen molar-refractivity contribution in [2.24, 2.45) is 0 Å². The molecule has 0 unspecified atom stereocenters. The second-order valence-corrected chi connectivity index (χ2v) is 10.5. The normalized spacial score (nSPS) is 17.2. The first-order chi connectivity index (χ1) is 17.3. The number of amides is 2. The predicted molar refractivity (Wildman–Crippen MR) is 140 cm³/mol. The summed E-state index contributed by atoms with van der Waals surface area (Å²) in [7, 11) is -3.98. The summed E-state index contributed by atoms with van der Waals surface area (Å²) in [6, 6.07) is 7.79. The van der Waals surface area contributed by atoms with Crippen LogP contribution in [0.4, 0.5) is 22.0 Å². The van der Waals surface area contributed by atoms with E-state index in [9.17, 15) is 40.0 Å². The fourth-order valence-electron chi connectivity index (χ4n) is 3.71. The van der Waals surface area contributed by atoms with E-state index in [0.29, 0.717) is 25.1 Å². The van der Waals surface area contributed by atoms with Crippen LogP contribution in [0.2, 0.25) is 0 Å². The fraction of sp³-hybridized carbons (Fsp3) is 0.435. The Bertz CT molecular complexity index is 1210. The van der Waals surface area contributed by atoms with E-state index < -0.39 is 40.9 Å². The zero-order valence-electron chi connectivity index (χ0n) is 20.0. The number of aromatic nitrogens is 1. The summed E-state index contributed by atoms with van der Waals surface area (Å²) in [6.07, 6.45) is 0.0914. The molecule has 15 heteroatoms. The van der Waals surface area contributed by atoms with Crippen LogP contribution >= 0.6 is 24.0 Å². The highest BCUT2D eigenvalue weighted by Crippen LogP contribution is 2.32. The molecule has 3 heterocycles. The van der Waals surface area contributed by atoms with E-state index in [2.05, 4.69) is 10.3 Å². The number of nitrogens with zero attached hydrogens (tertiary/aromatic N) is 3. The molecule has 8 nitrogen and oxygen atoms in total. The van der Waals surface area contributed by atoms with Gasteiger partial charge in [0.15, 0.2) is 0 Å². The van der Waals surface area contributed by atoms with Crippen LogP contribution in [0, 0.1) is 0 Å². The minimum absolute atomic E-state index is 0. The Balaban J connectivity index is 0.000000414. The van der Waals surface area contributed by atoms with E-state index in [-0.39, 0.29) is 48.3 Å². The summed E-state index contributed by atoms with van der Waals surface area (Å²) >= 11 is 0. The highest BCUT2D eigenvalue weighted by Gasteiger charge is 2.49. The number of hydrogen-bond donors (Lipinski definition) is 1. The maximum atomic E-state index is 12.9. The number of likely N-dealkylation sites (tertiary alicyclic amines) is 1. The molecule has 0 saturated carbocycles. The first-order valence-electron chi connectivity index (χ1n) is 11.3. The van der Waals surface area contributed by atoms with Gasteiger partial charge >= 0.3 is 6.18 Å². The van der Waals surface area contributed by atoms with Gasteiger partial charge in [-0.25, -0.2) is 17.2 Å². The minimum atomic E-state index is -4.42. The van der Waals surface area contributed by atoms with Crippen LogP contribution in [0.5, 0.6) is 0 Å². The van der Waals surface area contributed by atoms with Gasteiger partial charge in [-0.2, -0.15) is 17.5 Å². The molecule has 2 fully saturated rings. The largest absolute Gasteiger partial charge is 0.433 e. The predicted octanol–water partition coefficient (Wildman–Crippen LogP) is 4.16. The van der Waals surface area contributed by atoms with Gasteiger partial charge in [0, 0.05) is 32.8 Å². The minimum Gasteiger partial charge on any atom is -0.355 e. The highest BCUT2D eigenvalue weighted by molar-refractivity contribution is 14.0. The van der Waals surface area contributed by atoms with Crippen molar-refractivity contribution in [2.45, 2.75) is 42.8 Å². The molecule has 2 aliphatic rings. The molecule has 2 saturated heterocycles. The molecule has 1 N–H and O–H groups in total. The van der Waals surface area contributed by atoms with Gasteiger partial charge in [0.1, 0.15) is 5.69 Å². The third-order valence-corrected chi connectivity index (χ3v) is 7.47. The molecule has 0 bridgehead atoms. The zero-order valence-corrected chi connectivity index (χ0v) is 23.1. The van der Waals surface area contributed by atoms with Crippen molar-refractivity contribution in [2.75, 3.05) is 26.2 Å². The number of alkyl halides is 5. The van der Waals surface area contributed by atoms with Gasteiger partial charge < -0.3 is 10.2 Å². The molecule has 1 aromatic heterocycles. The Kier molecular flexibility index (Phi) is 11.0. The van der Waals surface area contributed by atoms with Crippen LogP contribution < -0.4 is 5.32 Å². The molecule has 0 spiro atoms. The lowest BCUT2D eigenvalue weighted by Crippen LogP contribution is -2.58. The summed E-state index contributed by atoms with van der Waals surface area (Å²) < 4.78 is 87.3. The molecular formula is C23H28F5IN4O4S. The van der Waals surface area contributed by atoms with Crippen molar-refractivity contribution in [3.8, 4) is 0 Å². The number of carbonyl (C=O) groups is 2. The van der Waals surface area contributed by atoms with Gasteiger partial charge in [-0.15, -0.1) is 24.0 Å². The summed E-state index contributed by atoms with van der Waals surface area (Å²) in [5.41, 5.74) is -0.141. The van der Waals surface area contributed by atoms with E-state index in [0.717, 1.165) is 35.8 Å². The lowest BCUT2D eigenvalue weighted by Gasteiger charge is -2.37. The van der Waals surface area contributed by atoms with Crippen LogP contribution in [0.15, 0.2) is 47.5 Å². The van der Waals surface area contributed by atoms with Crippen LogP contribution in [-0.2, 0) is 27.5 Å². The standard InChI is InChI=1S/C15H18F2N2O3S.C8H7F3N2O.HI.H2/c16-15(17)10-19(11-15)23(21,22)13-6-4-5-12(9-13)14(20)18-7-2-1-3-8-18;9-8(10,11)7-2-1-6(4-13-7)3-12-5-14;;/h4-6,9H,1-3,7-8,10-11H2;1-2,4-5H,3H2,(H,12,14);2*1H. The Morgan fingerprint density at radius 2 is 1.76 bits per heavy atom. The lowest BCUT2D eigenvalue weighted by atomic mass is 10.1. The Morgan fingerprint density at radius 3 is 2.29 bits per heavy atom. The number of benzene rings is 1. The lowest BCUT2D eigenvalue weighted by molar-refractivity contribution is -0.141. The molecule has 2 amide bonds. The summed E-state index contributed by atoms with van der Waals surface area (Å²) in [5.74, 6) is -3.18. The fourth-order valence-corrected chi connectivity index (χ4v) is 5.26. The van der Waals surface area contributed by atoms with E-state index in [1.807, 2.05) is 0 Å². The summed E-state index contributed by atoms with van der Waals surface area (Å²) in [4.78, 5) is 27.1. The van der Waals surface area contributed by atoms with Crippen molar-refractivity contribution >= 4 is 46.3 Å². The number of hydrogen-bond acceptors (Lipinski definition) is 5. The van der Waals surface area contributed by atoms with Crippen molar-refractivity contribution in [1.29, 1.82) is 0 Å². The molecule has 2 aromatic rings. The number of halogens is 6. The summed E-state index contributed by atoms with van der Waals surface area (Å²) in [5, 5.41) is 2.32. The third-order valence-electron chi connectivity index (χ3n) is 5.68. The van der Waals surface area contributed by atoms with Gasteiger partial charge in [0.05, 0.1) is 18.0 Å². The SMILES string of the molecule is I.O=C(c1cccc(S(=O)(=O)N2CC(F)(F)C2)c1)N1CCCCC1.O=CNCc1ccc(C(F)(F)F)nc1.[HH]. The van der Waals surface area contributed by atoms with Gasteiger partial charge in [-0.1, -0.05) is 12.1 Å². The van der Waals surface area contributed by atoms with Crippen molar-refractivity contribution in [1.82, 2.24) is 19.5 Å².